The Morgan fingerprint density at radius 2 is 2.18 bits per heavy atom. The van der Waals surface area contributed by atoms with Crippen molar-refractivity contribution in [1.29, 1.82) is 0 Å². The summed E-state index contributed by atoms with van der Waals surface area (Å²) in [5.74, 6) is 0.566. The minimum Gasteiger partial charge on any atom is -0.347 e. The Bertz CT molecular complexity index is 520. The van der Waals surface area contributed by atoms with Crippen molar-refractivity contribution in [3.8, 4) is 0 Å². The molecule has 17 heavy (non-hydrogen) atoms. The van der Waals surface area contributed by atoms with Gasteiger partial charge in [-0.3, -0.25) is 9.89 Å². The van der Waals surface area contributed by atoms with Crippen molar-refractivity contribution in [3.05, 3.63) is 34.7 Å². The van der Waals surface area contributed by atoms with Gasteiger partial charge in [0.1, 0.15) is 11.5 Å². The van der Waals surface area contributed by atoms with Crippen molar-refractivity contribution in [3.63, 3.8) is 0 Å². The molecule has 90 valence electrons. The van der Waals surface area contributed by atoms with Gasteiger partial charge in [0.15, 0.2) is 0 Å². The number of hydrogen-bond donors (Lipinski definition) is 3. The first-order chi connectivity index (χ1) is 8.08. The molecule has 0 unspecified atom stereocenters. The van der Waals surface area contributed by atoms with Gasteiger partial charge in [0.05, 0.1) is 11.9 Å². The maximum Gasteiger partial charge on any atom is 0.269 e. The molecule has 0 aliphatic carbocycles. The molecule has 2 aromatic heterocycles. The van der Waals surface area contributed by atoms with E-state index >= 15 is 0 Å². The number of rotatable bonds is 3. The lowest BCUT2D eigenvalue weighted by Gasteiger charge is -2.03. The lowest BCUT2D eigenvalue weighted by Crippen LogP contribution is -2.23. The van der Waals surface area contributed by atoms with Crippen molar-refractivity contribution in [1.82, 2.24) is 25.5 Å². The van der Waals surface area contributed by atoms with Gasteiger partial charge in [-0.05, 0) is 20.8 Å². The molecule has 6 nitrogen and oxygen atoms in total. The summed E-state index contributed by atoms with van der Waals surface area (Å²) < 4.78 is 0. The summed E-state index contributed by atoms with van der Waals surface area (Å²) in [5.41, 5.74) is 3.38. The van der Waals surface area contributed by atoms with Crippen molar-refractivity contribution in [2.24, 2.45) is 0 Å². The summed E-state index contributed by atoms with van der Waals surface area (Å²) in [6, 6.07) is 0. The molecule has 0 bridgehead atoms. The zero-order valence-electron chi connectivity index (χ0n) is 10.1. The maximum atomic E-state index is 11.8. The van der Waals surface area contributed by atoms with E-state index in [0.717, 1.165) is 22.8 Å². The average molecular weight is 233 g/mol. The summed E-state index contributed by atoms with van der Waals surface area (Å²) in [4.78, 5) is 18.6. The Hall–Kier alpha value is -2.11. The minimum atomic E-state index is -0.161. The first-order valence-electron chi connectivity index (χ1n) is 5.38. The standard InChI is InChI=1S/C11H15N5O/c1-6-9(7(2)16-15-6)4-13-11(17)10-5-12-8(3)14-10/h5H,4H2,1-3H3,(H,12,14)(H,13,17)(H,15,16). The van der Waals surface area contributed by atoms with Gasteiger partial charge in [0.25, 0.3) is 5.91 Å². The molecule has 6 heteroatoms. The van der Waals surface area contributed by atoms with Crippen LogP contribution in [-0.2, 0) is 6.54 Å². The van der Waals surface area contributed by atoms with E-state index in [4.69, 9.17) is 0 Å². The number of aromatic amines is 2. The largest absolute Gasteiger partial charge is 0.347 e. The molecule has 2 aromatic rings. The van der Waals surface area contributed by atoms with E-state index in [1.807, 2.05) is 13.8 Å². The van der Waals surface area contributed by atoms with Gasteiger partial charge in [-0.25, -0.2) is 4.98 Å². The quantitative estimate of drug-likeness (QED) is 0.738. The number of hydrogen-bond acceptors (Lipinski definition) is 3. The van der Waals surface area contributed by atoms with Gasteiger partial charge in [0, 0.05) is 17.8 Å². The Kier molecular flexibility index (Phi) is 2.95. The van der Waals surface area contributed by atoms with Gasteiger partial charge in [0.2, 0.25) is 0 Å². The van der Waals surface area contributed by atoms with Crippen LogP contribution in [0.2, 0.25) is 0 Å². The molecule has 0 aromatic carbocycles. The predicted octanol–water partition coefficient (Wildman–Crippen LogP) is 0.988. The highest BCUT2D eigenvalue weighted by atomic mass is 16.1. The van der Waals surface area contributed by atoms with Gasteiger partial charge < -0.3 is 10.3 Å². The second-order valence-electron chi connectivity index (χ2n) is 3.98. The summed E-state index contributed by atoms with van der Waals surface area (Å²) in [7, 11) is 0. The van der Waals surface area contributed by atoms with Crippen LogP contribution < -0.4 is 5.32 Å². The lowest BCUT2D eigenvalue weighted by molar-refractivity contribution is 0.0946. The molecule has 3 N–H and O–H groups in total. The van der Waals surface area contributed by atoms with Gasteiger partial charge in [-0.15, -0.1) is 0 Å². The van der Waals surface area contributed by atoms with Crippen LogP contribution in [0.3, 0.4) is 0 Å². The molecule has 0 saturated heterocycles. The Morgan fingerprint density at radius 1 is 1.41 bits per heavy atom. The fourth-order valence-corrected chi connectivity index (χ4v) is 1.63. The first kappa shape index (κ1) is 11.4. The van der Waals surface area contributed by atoms with Crippen molar-refractivity contribution in [2.75, 3.05) is 0 Å². The van der Waals surface area contributed by atoms with E-state index in [1.54, 1.807) is 6.92 Å². The summed E-state index contributed by atoms with van der Waals surface area (Å²) >= 11 is 0. The Balaban J connectivity index is 2.02. The molecule has 0 radical (unpaired) electrons. The van der Waals surface area contributed by atoms with Crippen LogP contribution in [0, 0.1) is 20.8 Å². The average Bonchev–Trinajstić information content (AvgIpc) is 2.84. The second-order valence-corrected chi connectivity index (χ2v) is 3.98. The van der Waals surface area contributed by atoms with Crippen molar-refractivity contribution in [2.45, 2.75) is 27.3 Å². The van der Waals surface area contributed by atoms with E-state index in [1.165, 1.54) is 6.20 Å². The predicted molar refractivity (Wildman–Crippen MR) is 62.6 cm³/mol. The Morgan fingerprint density at radius 3 is 2.71 bits per heavy atom. The number of carbonyl (C=O) groups excluding carboxylic acids is 1. The van der Waals surface area contributed by atoms with Gasteiger partial charge in [-0.2, -0.15) is 5.10 Å². The third-order valence-corrected chi connectivity index (χ3v) is 2.65. The van der Waals surface area contributed by atoms with Crippen molar-refractivity contribution >= 4 is 5.91 Å². The first-order valence-corrected chi connectivity index (χ1v) is 5.38. The molecule has 0 aliphatic heterocycles. The highest BCUT2D eigenvalue weighted by Crippen LogP contribution is 2.08. The number of carbonyl (C=O) groups is 1. The molecule has 2 rings (SSSR count). The summed E-state index contributed by atoms with van der Waals surface area (Å²) in [6.45, 7) is 6.11. The highest BCUT2D eigenvalue weighted by molar-refractivity contribution is 5.92. The van der Waals surface area contributed by atoms with Crippen LogP contribution in [-0.4, -0.2) is 26.1 Å². The van der Waals surface area contributed by atoms with Crippen LogP contribution in [0.15, 0.2) is 6.20 Å². The monoisotopic (exact) mass is 233 g/mol. The second kappa shape index (κ2) is 4.40. The molecule has 1 amide bonds. The summed E-state index contributed by atoms with van der Waals surface area (Å²) in [6.07, 6.45) is 1.53. The molecule has 2 heterocycles. The molecular weight excluding hydrogens is 218 g/mol. The van der Waals surface area contributed by atoms with Crippen LogP contribution in [0.4, 0.5) is 0 Å². The number of imidazole rings is 1. The molecule has 0 spiro atoms. The summed E-state index contributed by atoms with van der Waals surface area (Å²) in [5, 5.41) is 9.78. The topological polar surface area (TPSA) is 86.5 Å². The van der Waals surface area contributed by atoms with E-state index in [2.05, 4.69) is 25.5 Å². The lowest BCUT2D eigenvalue weighted by atomic mass is 10.2. The van der Waals surface area contributed by atoms with Crippen LogP contribution in [0.5, 0.6) is 0 Å². The smallest absolute Gasteiger partial charge is 0.269 e. The molecule has 0 atom stereocenters. The number of nitrogens with zero attached hydrogens (tertiary/aromatic N) is 2. The maximum absolute atomic E-state index is 11.8. The number of amides is 1. The van der Waals surface area contributed by atoms with Crippen LogP contribution >= 0.6 is 0 Å². The molecule has 0 aliphatic rings. The number of nitrogens with one attached hydrogen (secondary N) is 3. The van der Waals surface area contributed by atoms with Crippen LogP contribution in [0.1, 0.15) is 33.3 Å². The van der Waals surface area contributed by atoms with E-state index < -0.39 is 0 Å². The van der Waals surface area contributed by atoms with Gasteiger partial charge in [-0.1, -0.05) is 0 Å². The molecule has 0 fully saturated rings. The van der Waals surface area contributed by atoms with E-state index in [0.29, 0.717) is 12.2 Å². The van der Waals surface area contributed by atoms with E-state index in [-0.39, 0.29) is 5.91 Å². The Labute approximate surface area is 98.9 Å². The van der Waals surface area contributed by atoms with E-state index in [9.17, 15) is 4.79 Å². The molecule has 0 saturated carbocycles. The highest BCUT2D eigenvalue weighted by Gasteiger charge is 2.10. The normalized spacial score (nSPS) is 10.5. The zero-order chi connectivity index (χ0) is 12.4. The third-order valence-electron chi connectivity index (χ3n) is 2.65. The number of aromatic nitrogens is 4. The fourth-order valence-electron chi connectivity index (χ4n) is 1.63. The minimum absolute atomic E-state index is 0.161. The van der Waals surface area contributed by atoms with Crippen LogP contribution in [0.25, 0.3) is 0 Å². The fraction of sp³-hybridized carbons (Fsp3) is 0.364. The van der Waals surface area contributed by atoms with Gasteiger partial charge >= 0.3 is 0 Å². The number of aryl methyl sites for hydroxylation is 3. The third kappa shape index (κ3) is 2.35. The molecular formula is C11H15N5O. The van der Waals surface area contributed by atoms with Crippen molar-refractivity contribution < 1.29 is 4.79 Å². The SMILES string of the molecule is Cc1ncc(C(=O)NCc2c(C)n[nH]c2C)[nH]1. The number of H-pyrrole nitrogens is 2. The zero-order valence-corrected chi connectivity index (χ0v) is 10.1.